The van der Waals surface area contributed by atoms with Gasteiger partial charge in [-0.2, -0.15) is 0 Å². The van der Waals surface area contributed by atoms with E-state index in [9.17, 15) is 14.9 Å². The molecule has 7 heteroatoms. The molecule has 0 saturated carbocycles. The van der Waals surface area contributed by atoms with Gasteiger partial charge in [0.15, 0.2) is 0 Å². The van der Waals surface area contributed by atoms with Crippen molar-refractivity contribution in [1.29, 1.82) is 0 Å². The summed E-state index contributed by atoms with van der Waals surface area (Å²) in [6.45, 7) is 0.450. The molecule has 0 saturated heterocycles. The second-order valence-corrected chi connectivity index (χ2v) is 6.54. The molecule has 0 radical (unpaired) electrons. The van der Waals surface area contributed by atoms with Crippen LogP contribution in [0.2, 0.25) is 0 Å². The summed E-state index contributed by atoms with van der Waals surface area (Å²) in [5.74, 6) is -0.0527. The lowest BCUT2D eigenvalue weighted by atomic mass is 10.1. The molecule has 1 amide bonds. The van der Waals surface area contributed by atoms with Gasteiger partial charge in [0.2, 0.25) is 5.91 Å². The van der Waals surface area contributed by atoms with Crippen molar-refractivity contribution in [1.82, 2.24) is 9.88 Å². The summed E-state index contributed by atoms with van der Waals surface area (Å²) >= 11 is 1.57. The maximum absolute atomic E-state index is 12.3. The number of nitro benzene ring substituents is 1. The van der Waals surface area contributed by atoms with Crippen LogP contribution in [0.15, 0.2) is 48.5 Å². The highest BCUT2D eigenvalue weighted by atomic mass is 32.1. The lowest BCUT2D eigenvalue weighted by molar-refractivity contribution is -0.384. The minimum absolute atomic E-state index is 0.0222. The zero-order chi connectivity index (χ0) is 17.1. The quantitative estimate of drug-likeness (QED) is 0.526. The number of nitro groups is 1. The molecular weight excluding hydrogens is 326 g/mol. The van der Waals surface area contributed by atoms with E-state index < -0.39 is 4.92 Å². The molecule has 3 rings (SSSR count). The van der Waals surface area contributed by atoms with E-state index in [0.29, 0.717) is 6.54 Å². The third kappa shape index (κ3) is 3.57. The average molecular weight is 341 g/mol. The standard InChI is InChI=1S/C17H15N3O3S/c1-19(11-16-18-14-4-2-3-5-15(14)24-16)17(21)10-12-6-8-13(9-7-12)20(22)23/h2-9H,10-11H2,1H3. The lowest BCUT2D eigenvalue weighted by Gasteiger charge is -2.15. The number of thiazole rings is 1. The van der Waals surface area contributed by atoms with Crippen LogP contribution >= 0.6 is 11.3 Å². The highest BCUT2D eigenvalue weighted by Crippen LogP contribution is 2.22. The fraction of sp³-hybridized carbons (Fsp3) is 0.176. The van der Waals surface area contributed by atoms with E-state index in [1.807, 2.05) is 24.3 Å². The van der Waals surface area contributed by atoms with Gasteiger partial charge in [-0.05, 0) is 17.7 Å². The molecular formula is C17H15N3O3S. The van der Waals surface area contributed by atoms with Crippen molar-refractivity contribution in [2.75, 3.05) is 7.05 Å². The van der Waals surface area contributed by atoms with Gasteiger partial charge >= 0.3 is 0 Å². The van der Waals surface area contributed by atoms with Crippen LogP contribution in [0.4, 0.5) is 5.69 Å². The number of hydrogen-bond donors (Lipinski definition) is 0. The van der Waals surface area contributed by atoms with Crippen molar-refractivity contribution in [3.05, 3.63) is 69.2 Å². The number of carbonyl (C=O) groups is 1. The van der Waals surface area contributed by atoms with E-state index in [-0.39, 0.29) is 18.0 Å². The van der Waals surface area contributed by atoms with Crippen molar-refractivity contribution >= 4 is 33.1 Å². The van der Waals surface area contributed by atoms with Gasteiger partial charge in [0.05, 0.1) is 28.1 Å². The molecule has 0 aliphatic heterocycles. The highest BCUT2D eigenvalue weighted by molar-refractivity contribution is 7.18. The number of benzene rings is 2. The van der Waals surface area contributed by atoms with E-state index in [2.05, 4.69) is 4.98 Å². The number of non-ortho nitro benzene ring substituents is 1. The zero-order valence-corrected chi connectivity index (χ0v) is 13.8. The summed E-state index contributed by atoms with van der Waals surface area (Å²) in [5.41, 5.74) is 1.71. The van der Waals surface area contributed by atoms with Crippen LogP contribution in [-0.4, -0.2) is 27.8 Å². The predicted octanol–water partition coefficient (Wildman–Crippen LogP) is 3.41. The molecule has 122 valence electrons. The molecule has 1 heterocycles. The summed E-state index contributed by atoms with van der Waals surface area (Å²) in [6.07, 6.45) is 0.208. The number of nitrogens with zero attached hydrogens (tertiary/aromatic N) is 3. The van der Waals surface area contributed by atoms with Gasteiger partial charge in [0.25, 0.3) is 5.69 Å². The molecule has 0 unspecified atom stereocenters. The van der Waals surface area contributed by atoms with Gasteiger partial charge in [-0.25, -0.2) is 4.98 Å². The Balaban J connectivity index is 1.64. The summed E-state index contributed by atoms with van der Waals surface area (Å²) < 4.78 is 1.10. The molecule has 3 aromatic rings. The van der Waals surface area contributed by atoms with Crippen LogP contribution < -0.4 is 0 Å². The van der Waals surface area contributed by atoms with Crippen LogP contribution in [0.1, 0.15) is 10.6 Å². The minimum Gasteiger partial charge on any atom is -0.339 e. The van der Waals surface area contributed by atoms with Gasteiger partial charge in [-0.15, -0.1) is 11.3 Å². The zero-order valence-electron chi connectivity index (χ0n) is 13.0. The maximum atomic E-state index is 12.3. The molecule has 2 aromatic carbocycles. The predicted molar refractivity (Wildman–Crippen MR) is 92.9 cm³/mol. The first-order valence-corrected chi connectivity index (χ1v) is 8.16. The molecule has 0 bridgehead atoms. The normalized spacial score (nSPS) is 10.7. The summed E-state index contributed by atoms with van der Waals surface area (Å²) in [6, 6.07) is 13.9. The molecule has 24 heavy (non-hydrogen) atoms. The van der Waals surface area contributed by atoms with E-state index in [4.69, 9.17) is 0 Å². The summed E-state index contributed by atoms with van der Waals surface area (Å²) in [4.78, 5) is 28.7. The third-order valence-electron chi connectivity index (χ3n) is 3.64. The fourth-order valence-electron chi connectivity index (χ4n) is 2.32. The number of aromatic nitrogens is 1. The third-order valence-corrected chi connectivity index (χ3v) is 4.66. The molecule has 0 aliphatic rings. The van der Waals surface area contributed by atoms with E-state index >= 15 is 0 Å². The van der Waals surface area contributed by atoms with Gasteiger partial charge in [-0.1, -0.05) is 24.3 Å². The minimum atomic E-state index is -0.454. The number of likely N-dealkylation sites (N-methyl/N-ethyl adjacent to an activating group) is 1. The molecule has 1 aromatic heterocycles. The SMILES string of the molecule is CN(Cc1nc2ccccc2s1)C(=O)Cc1ccc([N+](=O)[O-])cc1. The molecule has 0 spiro atoms. The number of fused-ring (bicyclic) bond motifs is 1. The number of carbonyl (C=O) groups excluding carboxylic acids is 1. The summed E-state index contributed by atoms with van der Waals surface area (Å²) in [5, 5.41) is 11.5. The number of rotatable bonds is 5. The van der Waals surface area contributed by atoms with Crippen molar-refractivity contribution in [2.24, 2.45) is 0 Å². The molecule has 0 atom stereocenters. The second-order valence-electron chi connectivity index (χ2n) is 5.43. The largest absolute Gasteiger partial charge is 0.339 e. The van der Waals surface area contributed by atoms with E-state index in [1.54, 1.807) is 35.4 Å². The Labute approximate surface area is 142 Å². The van der Waals surface area contributed by atoms with Crippen molar-refractivity contribution in [2.45, 2.75) is 13.0 Å². The van der Waals surface area contributed by atoms with E-state index in [1.165, 1.54) is 12.1 Å². The van der Waals surface area contributed by atoms with Crippen molar-refractivity contribution < 1.29 is 9.72 Å². The first-order chi connectivity index (χ1) is 11.5. The Morgan fingerprint density at radius 3 is 2.58 bits per heavy atom. The van der Waals surface area contributed by atoms with Gasteiger partial charge in [0.1, 0.15) is 5.01 Å². The Kier molecular flexibility index (Phi) is 4.52. The van der Waals surface area contributed by atoms with Crippen LogP contribution in [0.25, 0.3) is 10.2 Å². The van der Waals surface area contributed by atoms with Gasteiger partial charge in [-0.3, -0.25) is 14.9 Å². The van der Waals surface area contributed by atoms with Gasteiger partial charge < -0.3 is 4.90 Å². The first-order valence-electron chi connectivity index (χ1n) is 7.34. The Morgan fingerprint density at radius 2 is 1.92 bits per heavy atom. The van der Waals surface area contributed by atoms with Crippen LogP contribution in [0, 0.1) is 10.1 Å². The molecule has 0 N–H and O–H groups in total. The first kappa shape index (κ1) is 16.1. The van der Waals surface area contributed by atoms with Crippen molar-refractivity contribution in [3.8, 4) is 0 Å². The van der Waals surface area contributed by atoms with Crippen molar-refractivity contribution in [3.63, 3.8) is 0 Å². The fourth-order valence-corrected chi connectivity index (χ4v) is 3.34. The Morgan fingerprint density at radius 1 is 1.21 bits per heavy atom. The molecule has 6 nitrogen and oxygen atoms in total. The second kappa shape index (κ2) is 6.76. The van der Waals surface area contributed by atoms with Crippen LogP contribution in [-0.2, 0) is 17.8 Å². The monoisotopic (exact) mass is 341 g/mol. The number of amides is 1. The molecule has 0 aliphatic carbocycles. The topological polar surface area (TPSA) is 76.3 Å². The maximum Gasteiger partial charge on any atom is 0.269 e. The van der Waals surface area contributed by atoms with Gasteiger partial charge in [0, 0.05) is 19.2 Å². The van der Waals surface area contributed by atoms with E-state index in [0.717, 1.165) is 20.8 Å². The highest BCUT2D eigenvalue weighted by Gasteiger charge is 2.13. The Hall–Kier alpha value is -2.80. The smallest absolute Gasteiger partial charge is 0.269 e. The average Bonchev–Trinajstić information content (AvgIpc) is 2.97. The Bertz CT molecular complexity index is 856. The number of hydrogen-bond acceptors (Lipinski definition) is 5. The van der Waals surface area contributed by atoms with Crippen LogP contribution in [0.5, 0.6) is 0 Å². The number of para-hydroxylation sites is 1. The molecule has 0 fully saturated rings. The summed E-state index contributed by atoms with van der Waals surface area (Å²) in [7, 11) is 1.74. The van der Waals surface area contributed by atoms with Crippen LogP contribution in [0.3, 0.4) is 0 Å². The lowest BCUT2D eigenvalue weighted by Crippen LogP contribution is -2.27.